The molecule has 2 unspecified atom stereocenters. The molecule has 120 valence electrons. The van der Waals surface area contributed by atoms with E-state index in [1.165, 1.54) is 37.8 Å². The van der Waals surface area contributed by atoms with Gasteiger partial charge in [-0.25, -0.2) is 0 Å². The first-order chi connectivity index (χ1) is 10.3. The molecule has 4 nitrogen and oxygen atoms in total. The van der Waals surface area contributed by atoms with Crippen LogP contribution in [-0.2, 0) is 11.3 Å². The van der Waals surface area contributed by atoms with Gasteiger partial charge in [0, 0.05) is 19.9 Å². The molecule has 0 saturated heterocycles. The number of hydrogen-bond acceptors (Lipinski definition) is 3. The molecule has 1 fully saturated rings. The Hall–Kier alpha value is -0.870. The summed E-state index contributed by atoms with van der Waals surface area (Å²) in [6.07, 6.45) is 9.93. The Morgan fingerprint density at radius 3 is 2.71 bits per heavy atom. The lowest BCUT2D eigenvalue weighted by atomic mass is 9.81. The maximum absolute atomic E-state index is 5.96. The summed E-state index contributed by atoms with van der Waals surface area (Å²) in [6.45, 7) is 6.30. The van der Waals surface area contributed by atoms with E-state index < -0.39 is 0 Å². The standard InChI is InChI=1S/C17H31N3O/c1-4-13-20-15(11-12-19-20)16(18-5-2)17(21-3)14-9-7-6-8-10-14/h11-12,14,16-18H,4-10,13H2,1-3H3. The van der Waals surface area contributed by atoms with Crippen molar-refractivity contribution < 1.29 is 4.74 Å². The molecule has 1 aliphatic carbocycles. The maximum Gasteiger partial charge on any atom is 0.0809 e. The Morgan fingerprint density at radius 2 is 2.10 bits per heavy atom. The maximum atomic E-state index is 5.96. The van der Waals surface area contributed by atoms with Gasteiger partial charge in [-0.15, -0.1) is 0 Å². The number of hydrogen-bond donors (Lipinski definition) is 1. The SMILES string of the molecule is CCCn1nccc1C(NCC)C(OC)C1CCCCC1. The van der Waals surface area contributed by atoms with Crippen LogP contribution < -0.4 is 5.32 Å². The number of ether oxygens (including phenoxy) is 1. The number of nitrogens with zero attached hydrogens (tertiary/aromatic N) is 2. The number of rotatable bonds is 8. The predicted molar refractivity (Wildman–Crippen MR) is 86.3 cm³/mol. The number of aryl methyl sites for hydroxylation is 1. The summed E-state index contributed by atoms with van der Waals surface area (Å²) in [5.74, 6) is 0.665. The molecule has 0 aromatic carbocycles. The molecule has 1 aliphatic rings. The van der Waals surface area contributed by atoms with Crippen LogP contribution in [0.5, 0.6) is 0 Å². The average Bonchev–Trinajstić information content (AvgIpc) is 2.97. The lowest BCUT2D eigenvalue weighted by molar-refractivity contribution is 0.00573. The van der Waals surface area contributed by atoms with Crippen molar-refractivity contribution in [2.75, 3.05) is 13.7 Å². The average molecular weight is 293 g/mol. The zero-order chi connectivity index (χ0) is 15.1. The fourth-order valence-corrected chi connectivity index (χ4v) is 3.68. The number of methoxy groups -OCH3 is 1. The number of likely N-dealkylation sites (N-methyl/N-ethyl adjacent to an activating group) is 1. The fraction of sp³-hybridized carbons (Fsp3) is 0.824. The van der Waals surface area contributed by atoms with E-state index in [1.54, 1.807) is 0 Å². The smallest absolute Gasteiger partial charge is 0.0809 e. The molecule has 0 spiro atoms. The molecule has 1 aromatic rings. The second kappa shape index (κ2) is 8.54. The van der Waals surface area contributed by atoms with Crippen molar-refractivity contribution in [1.82, 2.24) is 15.1 Å². The summed E-state index contributed by atoms with van der Waals surface area (Å²) in [5, 5.41) is 8.14. The van der Waals surface area contributed by atoms with E-state index in [0.717, 1.165) is 19.5 Å². The first-order valence-corrected chi connectivity index (χ1v) is 8.59. The van der Waals surface area contributed by atoms with Crippen LogP contribution >= 0.6 is 0 Å². The second-order valence-corrected chi connectivity index (χ2v) is 6.11. The summed E-state index contributed by atoms with van der Waals surface area (Å²) in [7, 11) is 1.87. The normalized spacial score (nSPS) is 19.6. The molecule has 2 rings (SSSR count). The van der Waals surface area contributed by atoms with E-state index in [-0.39, 0.29) is 12.1 Å². The van der Waals surface area contributed by atoms with Crippen molar-refractivity contribution in [1.29, 1.82) is 0 Å². The number of aromatic nitrogens is 2. The second-order valence-electron chi connectivity index (χ2n) is 6.11. The molecule has 1 saturated carbocycles. The third kappa shape index (κ3) is 4.07. The van der Waals surface area contributed by atoms with Gasteiger partial charge in [-0.1, -0.05) is 33.1 Å². The van der Waals surface area contributed by atoms with Gasteiger partial charge in [0.25, 0.3) is 0 Å². The van der Waals surface area contributed by atoms with Gasteiger partial charge in [-0.3, -0.25) is 4.68 Å². The molecule has 0 bridgehead atoms. The van der Waals surface area contributed by atoms with Crippen molar-refractivity contribution in [3.8, 4) is 0 Å². The van der Waals surface area contributed by atoms with Crippen LogP contribution in [0, 0.1) is 5.92 Å². The minimum atomic E-state index is 0.247. The van der Waals surface area contributed by atoms with Crippen molar-refractivity contribution in [2.45, 2.75) is 71.1 Å². The Bertz CT molecular complexity index is 398. The molecule has 2 atom stereocenters. The van der Waals surface area contributed by atoms with Gasteiger partial charge in [0.05, 0.1) is 17.8 Å². The molecule has 1 aromatic heterocycles. The first kappa shape index (κ1) is 16.5. The van der Waals surface area contributed by atoms with Crippen LogP contribution in [0.2, 0.25) is 0 Å². The lowest BCUT2D eigenvalue weighted by Crippen LogP contribution is -2.40. The van der Waals surface area contributed by atoms with Gasteiger partial charge in [-0.2, -0.15) is 5.10 Å². The third-order valence-corrected chi connectivity index (χ3v) is 4.64. The van der Waals surface area contributed by atoms with Crippen molar-refractivity contribution in [3.63, 3.8) is 0 Å². The molecule has 21 heavy (non-hydrogen) atoms. The van der Waals surface area contributed by atoms with E-state index >= 15 is 0 Å². The van der Waals surface area contributed by atoms with Gasteiger partial charge in [0.1, 0.15) is 0 Å². The predicted octanol–water partition coefficient (Wildman–Crippen LogP) is 3.54. The monoisotopic (exact) mass is 293 g/mol. The molecular formula is C17H31N3O. The van der Waals surface area contributed by atoms with Crippen LogP contribution in [0.3, 0.4) is 0 Å². The quantitative estimate of drug-likeness (QED) is 0.797. The third-order valence-electron chi connectivity index (χ3n) is 4.64. The van der Waals surface area contributed by atoms with Gasteiger partial charge in [-0.05, 0) is 37.8 Å². The number of nitrogens with one attached hydrogen (secondary N) is 1. The van der Waals surface area contributed by atoms with E-state index in [4.69, 9.17) is 4.74 Å². The van der Waals surface area contributed by atoms with E-state index in [1.807, 2.05) is 13.3 Å². The largest absolute Gasteiger partial charge is 0.379 e. The minimum absolute atomic E-state index is 0.247. The van der Waals surface area contributed by atoms with Gasteiger partial charge in [0.15, 0.2) is 0 Å². The highest BCUT2D eigenvalue weighted by Gasteiger charge is 2.32. The Labute approximate surface area is 129 Å². The van der Waals surface area contributed by atoms with Gasteiger partial charge >= 0.3 is 0 Å². The Balaban J connectivity index is 2.20. The zero-order valence-corrected chi connectivity index (χ0v) is 13.8. The Kier molecular flexibility index (Phi) is 6.71. The van der Waals surface area contributed by atoms with Crippen LogP contribution in [0.15, 0.2) is 12.3 Å². The van der Waals surface area contributed by atoms with Crippen molar-refractivity contribution >= 4 is 0 Å². The highest BCUT2D eigenvalue weighted by Crippen LogP contribution is 2.34. The van der Waals surface area contributed by atoms with Gasteiger partial charge < -0.3 is 10.1 Å². The zero-order valence-electron chi connectivity index (χ0n) is 13.8. The molecule has 0 radical (unpaired) electrons. The summed E-state index contributed by atoms with van der Waals surface area (Å²) in [5.41, 5.74) is 1.27. The van der Waals surface area contributed by atoms with Crippen molar-refractivity contribution in [3.05, 3.63) is 18.0 Å². The molecule has 4 heteroatoms. The topological polar surface area (TPSA) is 39.1 Å². The summed E-state index contributed by atoms with van der Waals surface area (Å²) < 4.78 is 8.10. The van der Waals surface area contributed by atoms with Crippen LogP contribution in [-0.4, -0.2) is 29.5 Å². The summed E-state index contributed by atoms with van der Waals surface area (Å²) in [6, 6.07) is 2.40. The van der Waals surface area contributed by atoms with Crippen LogP contribution in [0.4, 0.5) is 0 Å². The van der Waals surface area contributed by atoms with Crippen molar-refractivity contribution in [2.24, 2.45) is 5.92 Å². The fourth-order valence-electron chi connectivity index (χ4n) is 3.68. The highest BCUT2D eigenvalue weighted by atomic mass is 16.5. The van der Waals surface area contributed by atoms with Crippen LogP contribution in [0.25, 0.3) is 0 Å². The molecule has 1 N–H and O–H groups in total. The minimum Gasteiger partial charge on any atom is -0.379 e. The Morgan fingerprint density at radius 1 is 1.33 bits per heavy atom. The van der Waals surface area contributed by atoms with Gasteiger partial charge in [0.2, 0.25) is 0 Å². The summed E-state index contributed by atoms with van der Waals surface area (Å²) in [4.78, 5) is 0. The molecule has 1 heterocycles. The summed E-state index contributed by atoms with van der Waals surface area (Å²) >= 11 is 0. The van der Waals surface area contributed by atoms with Crippen LogP contribution in [0.1, 0.15) is 64.1 Å². The highest BCUT2D eigenvalue weighted by molar-refractivity contribution is 5.10. The van der Waals surface area contributed by atoms with E-state index in [2.05, 4.69) is 35.0 Å². The van der Waals surface area contributed by atoms with E-state index in [9.17, 15) is 0 Å². The first-order valence-electron chi connectivity index (χ1n) is 8.59. The molecular weight excluding hydrogens is 262 g/mol. The van der Waals surface area contributed by atoms with E-state index in [0.29, 0.717) is 5.92 Å². The lowest BCUT2D eigenvalue weighted by Gasteiger charge is -2.35. The molecule has 0 aliphatic heterocycles. The molecule has 0 amide bonds.